The van der Waals surface area contributed by atoms with Gasteiger partial charge in [-0.1, -0.05) is 35.9 Å². The number of benzene rings is 2. The van der Waals surface area contributed by atoms with Crippen LogP contribution in [0.15, 0.2) is 48.5 Å². The fourth-order valence-corrected chi connectivity index (χ4v) is 2.51. The molecule has 2 aromatic rings. The van der Waals surface area contributed by atoms with Crippen LogP contribution in [0.4, 0.5) is 10.1 Å². The SMILES string of the molecule is Fc1ccc(C(Nc2ccccc2Cl)C2CC2)cc1. The first-order valence-electron chi connectivity index (χ1n) is 6.50. The lowest BCUT2D eigenvalue weighted by Gasteiger charge is -2.21. The van der Waals surface area contributed by atoms with E-state index in [1.165, 1.54) is 25.0 Å². The summed E-state index contributed by atoms with van der Waals surface area (Å²) in [4.78, 5) is 0. The average Bonchev–Trinajstić information content (AvgIpc) is 3.24. The summed E-state index contributed by atoms with van der Waals surface area (Å²) in [6.45, 7) is 0. The Morgan fingerprint density at radius 3 is 2.37 bits per heavy atom. The lowest BCUT2D eigenvalue weighted by atomic mass is 10.0. The summed E-state index contributed by atoms with van der Waals surface area (Å²) in [7, 11) is 0. The zero-order valence-corrected chi connectivity index (χ0v) is 11.2. The van der Waals surface area contributed by atoms with Crippen molar-refractivity contribution in [1.29, 1.82) is 0 Å². The lowest BCUT2D eigenvalue weighted by molar-refractivity contribution is 0.622. The van der Waals surface area contributed by atoms with E-state index in [1.54, 1.807) is 0 Å². The van der Waals surface area contributed by atoms with Crippen molar-refractivity contribution in [2.24, 2.45) is 5.92 Å². The summed E-state index contributed by atoms with van der Waals surface area (Å²) in [5.74, 6) is 0.415. The second kappa shape index (κ2) is 5.22. The van der Waals surface area contributed by atoms with E-state index in [-0.39, 0.29) is 11.9 Å². The molecule has 0 amide bonds. The summed E-state index contributed by atoms with van der Waals surface area (Å²) >= 11 is 6.18. The first-order chi connectivity index (χ1) is 9.24. The fourth-order valence-electron chi connectivity index (χ4n) is 2.32. The highest BCUT2D eigenvalue weighted by Gasteiger charge is 2.32. The lowest BCUT2D eigenvalue weighted by Crippen LogP contribution is -2.13. The van der Waals surface area contributed by atoms with Crippen LogP contribution in [0.5, 0.6) is 0 Å². The molecule has 0 heterocycles. The standard InChI is InChI=1S/C16H15ClFN/c17-14-3-1-2-4-15(14)19-16(11-5-6-11)12-7-9-13(18)10-8-12/h1-4,7-11,16,19H,5-6H2. The molecule has 1 N–H and O–H groups in total. The molecule has 0 saturated heterocycles. The van der Waals surface area contributed by atoms with E-state index in [1.807, 2.05) is 36.4 Å². The second-order valence-corrected chi connectivity index (χ2v) is 5.40. The van der Waals surface area contributed by atoms with E-state index in [9.17, 15) is 4.39 Å². The molecular formula is C16H15ClFN. The van der Waals surface area contributed by atoms with Gasteiger partial charge in [-0.25, -0.2) is 4.39 Å². The predicted octanol–water partition coefficient (Wildman–Crippen LogP) is 5.04. The van der Waals surface area contributed by atoms with Gasteiger partial charge in [-0.3, -0.25) is 0 Å². The van der Waals surface area contributed by atoms with Gasteiger partial charge in [-0.15, -0.1) is 0 Å². The van der Waals surface area contributed by atoms with Crippen LogP contribution in [-0.2, 0) is 0 Å². The molecule has 3 heteroatoms. The topological polar surface area (TPSA) is 12.0 Å². The van der Waals surface area contributed by atoms with Crippen LogP contribution in [0.1, 0.15) is 24.4 Å². The normalized spacial score (nSPS) is 16.1. The molecule has 98 valence electrons. The molecule has 1 unspecified atom stereocenters. The highest BCUT2D eigenvalue weighted by molar-refractivity contribution is 6.33. The summed E-state index contributed by atoms with van der Waals surface area (Å²) in [5, 5.41) is 4.21. The number of halogens is 2. The summed E-state index contributed by atoms with van der Waals surface area (Å²) in [5.41, 5.74) is 2.05. The molecule has 0 bridgehead atoms. The zero-order valence-electron chi connectivity index (χ0n) is 10.4. The molecule has 3 rings (SSSR count). The van der Waals surface area contributed by atoms with Crippen LogP contribution in [0.2, 0.25) is 5.02 Å². The third-order valence-electron chi connectivity index (χ3n) is 3.51. The molecule has 1 aliphatic carbocycles. The van der Waals surface area contributed by atoms with Gasteiger partial charge in [0.1, 0.15) is 5.82 Å². The molecule has 0 radical (unpaired) electrons. The second-order valence-electron chi connectivity index (χ2n) is 4.99. The number of hydrogen-bond acceptors (Lipinski definition) is 1. The van der Waals surface area contributed by atoms with Gasteiger partial charge in [0, 0.05) is 0 Å². The van der Waals surface area contributed by atoms with E-state index < -0.39 is 0 Å². The van der Waals surface area contributed by atoms with Gasteiger partial charge in [-0.2, -0.15) is 0 Å². The van der Waals surface area contributed by atoms with Gasteiger partial charge < -0.3 is 5.32 Å². The van der Waals surface area contributed by atoms with Crippen molar-refractivity contribution in [3.63, 3.8) is 0 Å². The third kappa shape index (κ3) is 2.90. The van der Waals surface area contributed by atoms with Crippen molar-refractivity contribution in [3.05, 3.63) is 64.9 Å². The molecule has 2 aromatic carbocycles. The largest absolute Gasteiger partial charge is 0.377 e. The van der Waals surface area contributed by atoms with Crippen LogP contribution in [0, 0.1) is 11.7 Å². The van der Waals surface area contributed by atoms with Crippen LogP contribution < -0.4 is 5.32 Å². The smallest absolute Gasteiger partial charge is 0.123 e. The maximum Gasteiger partial charge on any atom is 0.123 e. The molecule has 0 aliphatic heterocycles. The first-order valence-corrected chi connectivity index (χ1v) is 6.88. The highest BCUT2D eigenvalue weighted by atomic mass is 35.5. The molecule has 1 nitrogen and oxygen atoms in total. The quantitative estimate of drug-likeness (QED) is 0.824. The molecule has 19 heavy (non-hydrogen) atoms. The minimum atomic E-state index is -0.198. The van der Waals surface area contributed by atoms with Gasteiger partial charge in [0.25, 0.3) is 0 Å². The Morgan fingerprint density at radius 2 is 1.74 bits per heavy atom. The van der Waals surface area contributed by atoms with Crippen LogP contribution >= 0.6 is 11.6 Å². The minimum absolute atomic E-state index is 0.198. The van der Waals surface area contributed by atoms with Gasteiger partial charge in [0.05, 0.1) is 16.8 Å². The fraction of sp³-hybridized carbons (Fsp3) is 0.250. The van der Waals surface area contributed by atoms with E-state index >= 15 is 0 Å². The monoisotopic (exact) mass is 275 g/mol. The minimum Gasteiger partial charge on any atom is -0.377 e. The van der Waals surface area contributed by atoms with E-state index in [0.29, 0.717) is 5.92 Å². The van der Waals surface area contributed by atoms with E-state index in [2.05, 4.69) is 5.32 Å². The number of nitrogens with one attached hydrogen (secondary N) is 1. The summed E-state index contributed by atoms with van der Waals surface area (Å²) in [6.07, 6.45) is 2.42. The molecule has 0 aromatic heterocycles. The number of anilines is 1. The Hall–Kier alpha value is -1.54. The number of rotatable bonds is 4. The highest BCUT2D eigenvalue weighted by Crippen LogP contribution is 2.43. The zero-order chi connectivity index (χ0) is 13.2. The van der Waals surface area contributed by atoms with Crippen LogP contribution in [0.3, 0.4) is 0 Å². The molecular weight excluding hydrogens is 261 g/mol. The van der Waals surface area contributed by atoms with E-state index in [0.717, 1.165) is 16.3 Å². The van der Waals surface area contributed by atoms with Gasteiger partial charge in [-0.05, 0) is 48.6 Å². The Bertz CT molecular complexity index is 563. The van der Waals surface area contributed by atoms with Crippen molar-refractivity contribution in [1.82, 2.24) is 0 Å². The van der Waals surface area contributed by atoms with Crippen molar-refractivity contribution in [2.75, 3.05) is 5.32 Å². The molecule has 0 spiro atoms. The molecule has 1 aliphatic rings. The van der Waals surface area contributed by atoms with Gasteiger partial charge in [0.15, 0.2) is 0 Å². The Morgan fingerprint density at radius 1 is 1.05 bits per heavy atom. The van der Waals surface area contributed by atoms with Crippen LogP contribution in [0.25, 0.3) is 0 Å². The maximum absolute atomic E-state index is 13.0. The summed E-state index contributed by atoms with van der Waals surface area (Å²) < 4.78 is 13.0. The Kier molecular flexibility index (Phi) is 3.43. The van der Waals surface area contributed by atoms with Crippen molar-refractivity contribution >= 4 is 17.3 Å². The van der Waals surface area contributed by atoms with Gasteiger partial charge >= 0.3 is 0 Å². The van der Waals surface area contributed by atoms with Gasteiger partial charge in [0.2, 0.25) is 0 Å². The Labute approximate surface area is 117 Å². The summed E-state index contributed by atoms with van der Waals surface area (Å²) in [6, 6.07) is 14.7. The molecule has 1 fully saturated rings. The maximum atomic E-state index is 13.0. The Balaban J connectivity index is 1.86. The van der Waals surface area contributed by atoms with Crippen molar-refractivity contribution < 1.29 is 4.39 Å². The van der Waals surface area contributed by atoms with Crippen LogP contribution in [-0.4, -0.2) is 0 Å². The predicted molar refractivity (Wildman–Crippen MR) is 76.9 cm³/mol. The molecule has 1 saturated carbocycles. The average molecular weight is 276 g/mol. The number of hydrogen-bond donors (Lipinski definition) is 1. The molecule has 1 atom stereocenters. The third-order valence-corrected chi connectivity index (χ3v) is 3.84. The van der Waals surface area contributed by atoms with E-state index in [4.69, 9.17) is 11.6 Å². The first kappa shape index (κ1) is 12.5. The number of para-hydroxylation sites is 1. The van der Waals surface area contributed by atoms with Crippen molar-refractivity contribution in [3.8, 4) is 0 Å². The van der Waals surface area contributed by atoms with Crippen molar-refractivity contribution in [2.45, 2.75) is 18.9 Å².